The molecule has 0 bridgehead atoms. The number of rotatable bonds is 3. The summed E-state index contributed by atoms with van der Waals surface area (Å²) < 4.78 is 0. The van der Waals surface area contributed by atoms with Crippen molar-refractivity contribution < 1.29 is 9.59 Å². The summed E-state index contributed by atoms with van der Waals surface area (Å²) in [6.07, 6.45) is 4.30. The Morgan fingerprint density at radius 3 is 2.05 bits per heavy atom. The number of nitrogens with zero attached hydrogens (tertiary/aromatic N) is 2. The van der Waals surface area contributed by atoms with E-state index >= 15 is 0 Å². The Balaban J connectivity index is 1.85. The summed E-state index contributed by atoms with van der Waals surface area (Å²) >= 11 is 0. The molecule has 1 saturated carbocycles. The van der Waals surface area contributed by atoms with Gasteiger partial charge in [-0.3, -0.25) is 9.59 Å². The molecule has 2 amide bonds. The number of hydrogen-bond donors (Lipinski definition) is 1. The lowest BCUT2D eigenvalue weighted by atomic mass is 9.97. The van der Waals surface area contributed by atoms with Crippen LogP contribution in [0.25, 0.3) is 0 Å². The van der Waals surface area contributed by atoms with Crippen molar-refractivity contribution in [1.82, 2.24) is 9.80 Å². The van der Waals surface area contributed by atoms with Crippen molar-refractivity contribution in [1.29, 1.82) is 0 Å². The van der Waals surface area contributed by atoms with E-state index in [0.717, 1.165) is 25.7 Å². The highest BCUT2D eigenvalue weighted by Crippen LogP contribution is 2.29. The Labute approximate surface area is 121 Å². The molecule has 1 heterocycles. The van der Waals surface area contributed by atoms with E-state index < -0.39 is 5.54 Å². The van der Waals surface area contributed by atoms with E-state index in [0.29, 0.717) is 38.5 Å². The maximum Gasteiger partial charge on any atom is 0.242 e. The Morgan fingerprint density at radius 1 is 1.05 bits per heavy atom. The number of hydrogen-bond acceptors (Lipinski definition) is 3. The van der Waals surface area contributed by atoms with E-state index in [1.165, 1.54) is 0 Å². The van der Waals surface area contributed by atoms with Crippen molar-refractivity contribution >= 4 is 11.8 Å². The van der Waals surface area contributed by atoms with Gasteiger partial charge in [0, 0.05) is 32.6 Å². The minimum Gasteiger partial charge on any atom is -0.339 e. The van der Waals surface area contributed by atoms with E-state index in [2.05, 4.69) is 13.8 Å². The van der Waals surface area contributed by atoms with Gasteiger partial charge in [0.05, 0.1) is 5.54 Å². The largest absolute Gasteiger partial charge is 0.339 e. The number of amides is 2. The molecule has 0 spiro atoms. The number of carbonyl (C=O) groups is 2. The molecular weight excluding hydrogens is 254 g/mol. The lowest BCUT2D eigenvalue weighted by Crippen LogP contribution is -2.59. The number of nitrogens with two attached hydrogens (primary N) is 1. The summed E-state index contributed by atoms with van der Waals surface area (Å²) in [6.45, 7) is 6.65. The van der Waals surface area contributed by atoms with Crippen LogP contribution in [0.3, 0.4) is 0 Å². The van der Waals surface area contributed by atoms with E-state index in [1.54, 1.807) is 0 Å². The Hall–Kier alpha value is -1.10. The van der Waals surface area contributed by atoms with Crippen LogP contribution in [0.2, 0.25) is 0 Å². The summed E-state index contributed by atoms with van der Waals surface area (Å²) in [6, 6.07) is 0. The monoisotopic (exact) mass is 281 g/mol. The zero-order chi connectivity index (χ0) is 14.8. The molecule has 2 fully saturated rings. The van der Waals surface area contributed by atoms with Crippen LogP contribution in [0.1, 0.15) is 46.0 Å². The van der Waals surface area contributed by atoms with Gasteiger partial charge in [-0.15, -0.1) is 0 Å². The van der Waals surface area contributed by atoms with E-state index in [-0.39, 0.29) is 11.8 Å². The average Bonchev–Trinajstić information content (AvgIpc) is 2.85. The fourth-order valence-corrected chi connectivity index (χ4v) is 3.17. The van der Waals surface area contributed by atoms with Crippen LogP contribution >= 0.6 is 0 Å². The molecule has 0 aromatic heterocycles. The number of carbonyl (C=O) groups excluding carboxylic acids is 2. The van der Waals surface area contributed by atoms with Gasteiger partial charge in [-0.2, -0.15) is 0 Å². The second-order valence-corrected chi connectivity index (χ2v) is 6.63. The third kappa shape index (κ3) is 3.32. The molecule has 114 valence electrons. The maximum atomic E-state index is 12.5. The highest BCUT2D eigenvalue weighted by molar-refractivity contribution is 5.87. The van der Waals surface area contributed by atoms with Crippen LogP contribution in [0.4, 0.5) is 0 Å². The van der Waals surface area contributed by atoms with E-state index in [4.69, 9.17) is 5.73 Å². The molecule has 2 rings (SSSR count). The first-order valence-corrected chi connectivity index (χ1v) is 7.78. The van der Waals surface area contributed by atoms with E-state index in [1.807, 2.05) is 9.80 Å². The minimum absolute atomic E-state index is 0.0889. The molecule has 20 heavy (non-hydrogen) atoms. The van der Waals surface area contributed by atoms with Crippen molar-refractivity contribution in [2.75, 3.05) is 26.2 Å². The fraction of sp³-hybridized carbons (Fsp3) is 0.867. The molecule has 2 aliphatic rings. The molecule has 0 unspecified atom stereocenters. The summed E-state index contributed by atoms with van der Waals surface area (Å²) in [5, 5.41) is 0. The molecule has 1 aliphatic carbocycles. The average molecular weight is 281 g/mol. The molecule has 5 nitrogen and oxygen atoms in total. The van der Waals surface area contributed by atoms with Crippen molar-refractivity contribution in [3.05, 3.63) is 0 Å². The topological polar surface area (TPSA) is 66.6 Å². The van der Waals surface area contributed by atoms with Gasteiger partial charge >= 0.3 is 0 Å². The minimum atomic E-state index is -0.635. The summed E-state index contributed by atoms with van der Waals surface area (Å²) in [5.41, 5.74) is 5.59. The van der Waals surface area contributed by atoms with Crippen LogP contribution in [-0.2, 0) is 9.59 Å². The second kappa shape index (κ2) is 6.12. The second-order valence-electron chi connectivity index (χ2n) is 6.63. The van der Waals surface area contributed by atoms with Crippen molar-refractivity contribution in [2.45, 2.75) is 51.5 Å². The third-order valence-corrected chi connectivity index (χ3v) is 4.42. The molecular formula is C15H27N3O2. The van der Waals surface area contributed by atoms with Crippen LogP contribution < -0.4 is 5.73 Å². The smallest absolute Gasteiger partial charge is 0.242 e. The van der Waals surface area contributed by atoms with Gasteiger partial charge in [0.1, 0.15) is 0 Å². The van der Waals surface area contributed by atoms with Crippen LogP contribution in [0, 0.1) is 5.92 Å². The standard InChI is InChI=1S/C15H27N3O2/c1-12(2)11-13(19)17-7-9-18(10-8-17)14(20)15(16)5-3-4-6-15/h12H,3-11,16H2,1-2H3. The van der Waals surface area contributed by atoms with Crippen molar-refractivity contribution in [2.24, 2.45) is 11.7 Å². The zero-order valence-electron chi connectivity index (χ0n) is 12.7. The first-order valence-electron chi connectivity index (χ1n) is 7.78. The Bertz CT molecular complexity index is 367. The Kier molecular flexibility index (Phi) is 4.68. The molecule has 5 heteroatoms. The van der Waals surface area contributed by atoms with Gasteiger partial charge in [-0.1, -0.05) is 26.7 Å². The van der Waals surface area contributed by atoms with Gasteiger partial charge in [-0.25, -0.2) is 0 Å². The lowest BCUT2D eigenvalue weighted by molar-refractivity contribution is -0.143. The normalized spacial score (nSPS) is 22.4. The van der Waals surface area contributed by atoms with Gasteiger partial charge in [0.2, 0.25) is 11.8 Å². The van der Waals surface area contributed by atoms with Crippen molar-refractivity contribution in [3.63, 3.8) is 0 Å². The zero-order valence-corrected chi connectivity index (χ0v) is 12.7. The summed E-state index contributed by atoms with van der Waals surface area (Å²) in [7, 11) is 0. The predicted octanol–water partition coefficient (Wildman–Crippen LogP) is 0.975. The third-order valence-electron chi connectivity index (χ3n) is 4.42. The molecule has 1 aliphatic heterocycles. The maximum absolute atomic E-state index is 12.5. The van der Waals surface area contributed by atoms with Gasteiger partial charge in [0.15, 0.2) is 0 Å². The van der Waals surface area contributed by atoms with Gasteiger partial charge < -0.3 is 15.5 Å². The first-order chi connectivity index (χ1) is 9.42. The van der Waals surface area contributed by atoms with Gasteiger partial charge in [0.25, 0.3) is 0 Å². The molecule has 0 radical (unpaired) electrons. The Morgan fingerprint density at radius 2 is 1.55 bits per heavy atom. The van der Waals surface area contributed by atoms with E-state index in [9.17, 15) is 9.59 Å². The highest BCUT2D eigenvalue weighted by Gasteiger charge is 2.40. The molecule has 0 aromatic carbocycles. The van der Waals surface area contributed by atoms with Crippen LogP contribution in [0.5, 0.6) is 0 Å². The van der Waals surface area contributed by atoms with Gasteiger partial charge in [-0.05, 0) is 18.8 Å². The molecule has 0 atom stereocenters. The SMILES string of the molecule is CC(C)CC(=O)N1CCN(C(=O)C2(N)CCCC2)CC1. The highest BCUT2D eigenvalue weighted by atomic mass is 16.2. The summed E-state index contributed by atoms with van der Waals surface area (Å²) in [4.78, 5) is 28.2. The quantitative estimate of drug-likeness (QED) is 0.838. The first kappa shape index (κ1) is 15.3. The lowest BCUT2D eigenvalue weighted by Gasteiger charge is -2.38. The van der Waals surface area contributed by atoms with Crippen molar-refractivity contribution in [3.8, 4) is 0 Å². The van der Waals surface area contributed by atoms with Crippen LogP contribution in [-0.4, -0.2) is 53.3 Å². The fourth-order valence-electron chi connectivity index (χ4n) is 3.17. The van der Waals surface area contributed by atoms with Crippen LogP contribution in [0.15, 0.2) is 0 Å². The molecule has 2 N–H and O–H groups in total. The summed E-state index contributed by atoms with van der Waals surface area (Å²) in [5.74, 6) is 0.675. The number of piperazine rings is 1. The molecule has 1 saturated heterocycles. The molecule has 0 aromatic rings. The predicted molar refractivity (Wildman–Crippen MR) is 78.0 cm³/mol.